The maximum atomic E-state index is 13.9. The zero-order chi connectivity index (χ0) is 35.5. The van der Waals surface area contributed by atoms with Crippen LogP contribution in [0.25, 0.3) is 27.7 Å². The van der Waals surface area contributed by atoms with Crippen LogP contribution in [0.5, 0.6) is 0 Å². The van der Waals surface area contributed by atoms with Crippen molar-refractivity contribution in [2.24, 2.45) is 7.05 Å². The number of hydrogen-bond acceptors (Lipinski definition) is 5. The lowest BCUT2D eigenvalue weighted by Gasteiger charge is -2.13. The summed E-state index contributed by atoms with van der Waals surface area (Å²) in [5.74, 6) is 0.465. The van der Waals surface area contributed by atoms with Crippen LogP contribution in [0.2, 0.25) is 0 Å². The molecule has 1 N–H and O–H groups in total. The summed E-state index contributed by atoms with van der Waals surface area (Å²) in [4.78, 5) is 30.7. The van der Waals surface area contributed by atoms with Gasteiger partial charge in [-0.25, -0.2) is 32.0 Å². The van der Waals surface area contributed by atoms with Crippen molar-refractivity contribution in [2.75, 3.05) is 0 Å². The highest BCUT2D eigenvalue weighted by Gasteiger charge is 2.35. The molecular weight excluding hydrogens is 661 g/mol. The molecule has 0 radical (unpaired) electrons. The number of aromatic nitrogens is 4. The summed E-state index contributed by atoms with van der Waals surface area (Å²) in [6.45, 7) is 8.82. The molecule has 6 rings (SSSR count). The summed E-state index contributed by atoms with van der Waals surface area (Å²) in [6, 6.07) is 17.8. The smallest absolute Gasteiger partial charge is 0.416 e. The average molecular weight is 693 g/mol. The minimum absolute atomic E-state index is 0.00293. The first-order valence-corrected chi connectivity index (χ1v) is 16.5. The number of aryl methyl sites for hydroxylation is 1. The third-order valence-electron chi connectivity index (χ3n) is 8.10. The summed E-state index contributed by atoms with van der Waals surface area (Å²) in [5, 5.41) is 2.94. The van der Waals surface area contributed by atoms with E-state index in [2.05, 4.69) is 10.2 Å². The zero-order valence-electron chi connectivity index (χ0n) is 26.4. The van der Waals surface area contributed by atoms with Gasteiger partial charge in [0.15, 0.2) is 11.4 Å². The number of nitrogens with zero attached hydrogens (tertiary/aromatic N) is 5. The number of imidazole rings is 2. The molecular formula is C34H31F3N6O5S. The number of nitrogens with one attached hydrogen (secondary N) is 1. The fourth-order valence-corrected chi connectivity index (χ4v) is 6.22. The van der Waals surface area contributed by atoms with E-state index in [0.29, 0.717) is 22.9 Å². The topological polar surface area (TPSA) is 126 Å². The summed E-state index contributed by atoms with van der Waals surface area (Å²) in [7, 11) is -2.50. The Labute approximate surface area is 280 Å². The Bertz CT molecular complexity index is 2190. The largest absolute Gasteiger partial charge is 0.744 e. The van der Waals surface area contributed by atoms with Gasteiger partial charge in [-0.2, -0.15) is 17.7 Å². The van der Waals surface area contributed by atoms with Gasteiger partial charge in [-0.05, 0) is 62.2 Å². The van der Waals surface area contributed by atoms with Crippen LogP contribution < -0.4 is 15.6 Å². The lowest BCUT2D eigenvalue weighted by Crippen LogP contribution is -2.42. The van der Waals surface area contributed by atoms with E-state index in [1.165, 1.54) is 36.4 Å². The molecule has 1 fully saturated rings. The standard InChI is InChI=1S/C28H25F3N6O2.C6H6O3S/c1-18-24(25-34(3)15-16-35(25)22-13-11-20(32-2)12-14-22)37(26(38)33-21-8-4-5-9-21)27(39)36(18)23-10-6-7-19(17-23)28(29,30)31;7-10(8,9)6-4-2-1-3-5-6/h6-7,10-17,21H,4-5,8-9H2,1,3H3;1-5H,(H,7,8,9). The van der Waals surface area contributed by atoms with E-state index >= 15 is 0 Å². The van der Waals surface area contributed by atoms with Crippen molar-refractivity contribution < 1.29 is 35.5 Å². The van der Waals surface area contributed by atoms with Crippen molar-refractivity contribution in [1.29, 1.82) is 0 Å². The molecule has 49 heavy (non-hydrogen) atoms. The number of rotatable bonds is 5. The predicted molar refractivity (Wildman–Crippen MR) is 173 cm³/mol. The predicted octanol–water partition coefficient (Wildman–Crippen LogP) is 5.89. The second kappa shape index (κ2) is 14.0. The van der Waals surface area contributed by atoms with Crippen LogP contribution in [-0.4, -0.2) is 38.7 Å². The van der Waals surface area contributed by atoms with E-state index in [1.807, 2.05) is 0 Å². The maximum Gasteiger partial charge on any atom is 0.416 e. The Morgan fingerprint density at radius 2 is 1.65 bits per heavy atom. The van der Waals surface area contributed by atoms with Crippen LogP contribution in [0, 0.1) is 13.5 Å². The van der Waals surface area contributed by atoms with Crippen molar-refractivity contribution in [1.82, 2.24) is 19.0 Å². The second-order valence-corrected chi connectivity index (χ2v) is 12.7. The minimum Gasteiger partial charge on any atom is -0.744 e. The number of carbonyl (C=O) groups excluding carboxylic acids is 1. The second-order valence-electron chi connectivity index (χ2n) is 11.4. The van der Waals surface area contributed by atoms with Crippen molar-refractivity contribution in [3.8, 4) is 22.9 Å². The van der Waals surface area contributed by atoms with E-state index in [0.717, 1.165) is 47.0 Å². The van der Waals surface area contributed by atoms with Crippen molar-refractivity contribution >= 4 is 21.8 Å². The molecule has 11 nitrogen and oxygen atoms in total. The van der Waals surface area contributed by atoms with Gasteiger partial charge in [0, 0.05) is 6.04 Å². The van der Waals surface area contributed by atoms with Crippen molar-refractivity contribution in [3.63, 3.8) is 0 Å². The molecule has 0 bridgehead atoms. The van der Waals surface area contributed by atoms with Crippen LogP contribution >= 0.6 is 0 Å². The molecule has 1 aliphatic rings. The molecule has 1 saturated carbocycles. The highest BCUT2D eigenvalue weighted by molar-refractivity contribution is 7.85. The van der Waals surface area contributed by atoms with Gasteiger partial charge in [0.1, 0.15) is 28.2 Å². The number of alkyl halides is 3. The van der Waals surface area contributed by atoms with E-state index in [1.54, 1.807) is 65.8 Å². The van der Waals surface area contributed by atoms with Crippen LogP contribution in [0.15, 0.2) is 101 Å². The van der Waals surface area contributed by atoms with Gasteiger partial charge in [0.2, 0.25) is 0 Å². The van der Waals surface area contributed by atoms with Gasteiger partial charge < -0.3 is 9.87 Å². The third-order valence-corrected chi connectivity index (χ3v) is 8.95. The van der Waals surface area contributed by atoms with Gasteiger partial charge in [-0.1, -0.05) is 49.2 Å². The quantitative estimate of drug-likeness (QED) is 0.140. The van der Waals surface area contributed by atoms with E-state index in [9.17, 15) is 35.7 Å². The normalized spacial score (nSPS) is 13.4. The summed E-state index contributed by atoms with van der Waals surface area (Å²) >= 11 is 0. The number of benzene rings is 3. The summed E-state index contributed by atoms with van der Waals surface area (Å²) < 4.78 is 77.0. The molecule has 0 aliphatic heterocycles. The SMILES string of the molecule is O=S(=O)([O-])c1ccccc1.[C-]#[N+]c1ccc(-n2cc[n+](C)c2-c2c(C)n(-c3cccc(C(F)(F)F)c3)c(=O)n2C(=O)NC2CCCC2)cc1. The van der Waals surface area contributed by atoms with Gasteiger partial charge in [0.05, 0.1) is 35.5 Å². The van der Waals surface area contributed by atoms with Gasteiger partial charge >= 0.3 is 23.7 Å². The zero-order valence-corrected chi connectivity index (χ0v) is 27.2. The fourth-order valence-electron chi connectivity index (χ4n) is 5.73. The summed E-state index contributed by atoms with van der Waals surface area (Å²) in [6.07, 6.45) is 2.43. The molecule has 0 atom stereocenters. The van der Waals surface area contributed by atoms with E-state index in [-0.39, 0.29) is 22.3 Å². The Morgan fingerprint density at radius 1 is 1.00 bits per heavy atom. The van der Waals surface area contributed by atoms with Crippen LogP contribution in [0.3, 0.4) is 0 Å². The fraction of sp³-hybridized carbons (Fsp3) is 0.235. The minimum atomic E-state index is -4.60. The Morgan fingerprint density at radius 3 is 2.22 bits per heavy atom. The number of halogens is 3. The Balaban J connectivity index is 0.000000402. The molecule has 2 aromatic heterocycles. The first-order valence-electron chi connectivity index (χ1n) is 15.1. The highest BCUT2D eigenvalue weighted by Crippen LogP contribution is 2.32. The molecule has 5 aromatic rings. The highest BCUT2D eigenvalue weighted by atomic mass is 32.2. The molecule has 0 unspecified atom stereocenters. The average Bonchev–Trinajstić information content (AvgIpc) is 3.78. The lowest BCUT2D eigenvalue weighted by molar-refractivity contribution is -0.659. The maximum absolute atomic E-state index is 13.9. The van der Waals surface area contributed by atoms with Gasteiger partial charge in [0.25, 0.3) is 0 Å². The Hall–Kier alpha value is -5.46. The van der Waals surface area contributed by atoms with Crippen molar-refractivity contribution in [2.45, 2.75) is 49.7 Å². The molecule has 3 aromatic carbocycles. The molecule has 1 amide bonds. The third kappa shape index (κ3) is 7.50. The number of hydrogen-bond donors (Lipinski definition) is 1. The molecule has 2 heterocycles. The van der Waals surface area contributed by atoms with Gasteiger partial charge in [-0.15, -0.1) is 0 Å². The molecule has 1 aliphatic carbocycles. The van der Waals surface area contributed by atoms with Crippen LogP contribution in [0.1, 0.15) is 36.9 Å². The van der Waals surface area contributed by atoms with E-state index < -0.39 is 33.6 Å². The van der Waals surface area contributed by atoms with Crippen molar-refractivity contribution in [3.05, 3.63) is 124 Å². The molecule has 0 spiro atoms. The monoisotopic (exact) mass is 692 g/mol. The molecule has 0 saturated heterocycles. The number of amides is 1. The van der Waals surface area contributed by atoms with Gasteiger partial charge in [-0.3, -0.25) is 4.57 Å². The number of carbonyl (C=O) groups is 1. The Kier molecular flexibility index (Phi) is 9.93. The molecule has 15 heteroatoms. The summed E-state index contributed by atoms with van der Waals surface area (Å²) in [5.41, 5.74) is 0.0151. The van der Waals surface area contributed by atoms with E-state index in [4.69, 9.17) is 6.57 Å². The van der Waals surface area contributed by atoms with Crippen LogP contribution in [-0.2, 0) is 23.3 Å². The molecule has 254 valence electrons. The lowest BCUT2D eigenvalue weighted by atomic mass is 10.2. The first kappa shape index (κ1) is 34.9. The van der Waals surface area contributed by atoms with Crippen LogP contribution in [0.4, 0.5) is 23.7 Å². The first-order chi connectivity index (χ1) is 23.2.